The Morgan fingerprint density at radius 2 is 1.84 bits per heavy atom. The summed E-state index contributed by atoms with van der Waals surface area (Å²) in [6.45, 7) is 0.815. The summed E-state index contributed by atoms with van der Waals surface area (Å²) >= 11 is 0. The van der Waals surface area contributed by atoms with Crippen molar-refractivity contribution in [2.24, 2.45) is 0 Å². The molecule has 8 heteroatoms. The Hall–Kier alpha value is -4.20. The molecule has 8 nitrogen and oxygen atoms in total. The second-order valence-electron chi connectivity index (χ2n) is 7.22. The summed E-state index contributed by atoms with van der Waals surface area (Å²) in [6, 6.07) is 14.2. The molecule has 0 fully saturated rings. The van der Waals surface area contributed by atoms with Crippen molar-refractivity contribution in [1.29, 1.82) is 0 Å². The van der Waals surface area contributed by atoms with Gasteiger partial charge in [0.25, 0.3) is 5.91 Å². The van der Waals surface area contributed by atoms with Crippen LogP contribution in [0.1, 0.15) is 22.2 Å². The standard InChI is InChI=1S/C24H19NO7/c1-29-16-6-3-2-5-15(16)21-20(22(26)18-7-4-10-30-18)23(27)24(28)25(21)14-8-9-17-19(13-14)32-12-11-31-17/h2-10,13,21,27H,11-12H2,1H3. The number of aliphatic hydroxyl groups is 1. The normalized spacial score (nSPS) is 17.6. The first-order valence-corrected chi connectivity index (χ1v) is 9.97. The first kappa shape index (κ1) is 19.7. The first-order valence-electron chi connectivity index (χ1n) is 9.97. The van der Waals surface area contributed by atoms with E-state index in [9.17, 15) is 14.7 Å². The number of methoxy groups -OCH3 is 1. The lowest BCUT2D eigenvalue weighted by molar-refractivity contribution is -0.117. The highest BCUT2D eigenvalue weighted by Gasteiger charge is 2.46. The Morgan fingerprint density at radius 3 is 2.59 bits per heavy atom. The number of carbonyl (C=O) groups excluding carboxylic acids is 2. The number of para-hydroxylation sites is 1. The monoisotopic (exact) mass is 433 g/mol. The summed E-state index contributed by atoms with van der Waals surface area (Å²) in [5, 5.41) is 10.8. The van der Waals surface area contributed by atoms with Crippen LogP contribution in [0.3, 0.4) is 0 Å². The molecule has 0 bridgehead atoms. The zero-order chi connectivity index (χ0) is 22.2. The van der Waals surface area contributed by atoms with Gasteiger partial charge in [-0.3, -0.25) is 14.5 Å². The molecule has 1 N–H and O–H groups in total. The Balaban J connectivity index is 1.68. The molecule has 0 saturated heterocycles. The lowest BCUT2D eigenvalue weighted by Gasteiger charge is -2.29. The average molecular weight is 433 g/mol. The smallest absolute Gasteiger partial charge is 0.294 e. The van der Waals surface area contributed by atoms with Gasteiger partial charge in [0, 0.05) is 17.3 Å². The van der Waals surface area contributed by atoms with E-state index in [2.05, 4.69) is 0 Å². The van der Waals surface area contributed by atoms with Crippen molar-refractivity contribution in [2.75, 3.05) is 25.2 Å². The van der Waals surface area contributed by atoms with Crippen molar-refractivity contribution in [2.45, 2.75) is 6.04 Å². The molecule has 1 atom stereocenters. The number of ether oxygens (including phenoxy) is 3. The van der Waals surface area contributed by atoms with Gasteiger partial charge in [-0.1, -0.05) is 18.2 Å². The number of furan rings is 1. The van der Waals surface area contributed by atoms with E-state index < -0.39 is 23.5 Å². The van der Waals surface area contributed by atoms with E-state index >= 15 is 0 Å². The summed E-state index contributed by atoms with van der Waals surface area (Å²) < 4.78 is 22.0. The number of hydrogen-bond acceptors (Lipinski definition) is 7. The molecular weight excluding hydrogens is 414 g/mol. The summed E-state index contributed by atoms with van der Waals surface area (Å²) in [7, 11) is 1.50. The number of amides is 1. The predicted octanol–water partition coefficient (Wildman–Crippen LogP) is 3.84. The second kappa shape index (κ2) is 7.81. The fourth-order valence-electron chi connectivity index (χ4n) is 4.01. The van der Waals surface area contributed by atoms with Crippen LogP contribution in [0.2, 0.25) is 0 Å². The van der Waals surface area contributed by atoms with E-state index in [-0.39, 0.29) is 11.3 Å². The fourth-order valence-corrected chi connectivity index (χ4v) is 4.01. The van der Waals surface area contributed by atoms with Crippen LogP contribution in [0.4, 0.5) is 5.69 Å². The van der Waals surface area contributed by atoms with E-state index in [0.29, 0.717) is 41.7 Å². The number of Topliss-reactive ketones (excluding diaryl/α,β-unsaturated/α-hetero) is 1. The van der Waals surface area contributed by atoms with Crippen LogP contribution in [0, 0.1) is 0 Å². The van der Waals surface area contributed by atoms with E-state index in [1.54, 1.807) is 48.5 Å². The van der Waals surface area contributed by atoms with Crippen LogP contribution in [0.25, 0.3) is 0 Å². The SMILES string of the molecule is COc1ccccc1C1C(C(=O)c2ccco2)=C(O)C(=O)N1c1ccc2c(c1)OCCO2. The van der Waals surface area contributed by atoms with Crippen molar-refractivity contribution in [3.63, 3.8) is 0 Å². The van der Waals surface area contributed by atoms with Crippen LogP contribution in [0.5, 0.6) is 17.2 Å². The zero-order valence-electron chi connectivity index (χ0n) is 17.1. The fraction of sp³-hybridized carbons (Fsp3) is 0.167. The molecule has 32 heavy (non-hydrogen) atoms. The maximum Gasteiger partial charge on any atom is 0.294 e. The highest BCUT2D eigenvalue weighted by atomic mass is 16.6. The third-order valence-electron chi connectivity index (χ3n) is 5.44. The molecular formula is C24H19NO7. The molecule has 5 rings (SSSR count). The summed E-state index contributed by atoms with van der Waals surface area (Å²) in [5.74, 6) is -0.424. The van der Waals surface area contributed by atoms with E-state index in [1.165, 1.54) is 24.3 Å². The molecule has 0 saturated carbocycles. The Morgan fingerprint density at radius 1 is 1.06 bits per heavy atom. The quantitative estimate of drug-likeness (QED) is 0.611. The van der Waals surface area contributed by atoms with Gasteiger partial charge in [0.15, 0.2) is 23.0 Å². The summed E-state index contributed by atoms with van der Waals surface area (Å²) in [5.41, 5.74) is 0.880. The van der Waals surface area contributed by atoms with Gasteiger partial charge in [0.05, 0.1) is 25.0 Å². The number of nitrogens with zero attached hydrogens (tertiary/aromatic N) is 1. The van der Waals surface area contributed by atoms with Gasteiger partial charge in [0.1, 0.15) is 19.0 Å². The van der Waals surface area contributed by atoms with Gasteiger partial charge in [0.2, 0.25) is 5.78 Å². The van der Waals surface area contributed by atoms with E-state index in [0.717, 1.165) is 0 Å². The second-order valence-corrected chi connectivity index (χ2v) is 7.22. The van der Waals surface area contributed by atoms with Crippen LogP contribution in [0.15, 0.2) is 76.6 Å². The third-order valence-corrected chi connectivity index (χ3v) is 5.44. The minimum atomic E-state index is -0.946. The lowest BCUT2D eigenvalue weighted by Crippen LogP contribution is -2.31. The largest absolute Gasteiger partial charge is 0.503 e. The third kappa shape index (κ3) is 3.08. The number of ketones is 1. The maximum atomic E-state index is 13.3. The number of hydrogen-bond donors (Lipinski definition) is 1. The summed E-state index contributed by atoms with van der Waals surface area (Å²) in [6.07, 6.45) is 1.36. The Kier molecular flexibility index (Phi) is 4.82. The minimum absolute atomic E-state index is 0.0169. The molecule has 2 aromatic carbocycles. The minimum Gasteiger partial charge on any atom is -0.503 e. The van der Waals surface area contributed by atoms with Crippen molar-refractivity contribution in [1.82, 2.24) is 0 Å². The van der Waals surface area contributed by atoms with E-state index in [1.807, 2.05) is 0 Å². The van der Waals surface area contributed by atoms with Crippen LogP contribution in [-0.4, -0.2) is 37.1 Å². The van der Waals surface area contributed by atoms with Gasteiger partial charge in [-0.15, -0.1) is 0 Å². The van der Waals surface area contributed by atoms with Gasteiger partial charge in [-0.2, -0.15) is 0 Å². The van der Waals surface area contributed by atoms with E-state index in [4.69, 9.17) is 18.6 Å². The number of rotatable bonds is 5. The first-order chi connectivity index (χ1) is 15.6. The predicted molar refractivity (Wildman–Crippen MR) is 113 cm³/mol. The van der Waals surface area contributed by atoms with Crippen molar-refractivity contribution in [3.05, 3.63) is 83.5 Å². The highest BCUT2D eigenvalue weighted by Crippen LogP contribution is 2.46. The van der Waals surface area contributed by atoms with Crippen LogP contribution >= 0.6 is 0 Å². The molecule has 2 aliphatic heterocycles. The molecule has 0 radical (unpaired) electrons. The highest BCUT2D eigenvalue weighted by molar-refractivity contribution is 6.20. The van der Waals surface area contributed by atoms with Gasteiger partial charge >= 0.3 is 0 Å². The van der Waals surface area contributed by atoms with Gasteiger partial charge in [-0.05, 0) is 30.3 Å². The topological polar surface area (TPSA) is 98.4 Å². The molecule has 0 aliphatic carbocycles. The number of fused-ring (bicyclic) bond motifs is 1. The molecule has 2 aliphatic rings. The number of benzene rings is 2. The molecule has 3 heterocycles. The zero-order valence-corrected chi connectivity index (χ0v) is 17.1. The van der Waals surface area contributed by atoms with Crippen LogP contribution < -0.4 is 19.1 Å². The van der Waals surface area contributed by atoms with Crippen molar-refractivity contribution < 1.29 is 33.3 Å². The summed E-state index contributed by atoms with van der Waals surface area (Å²) in [4.78, 5) is 27.9. The molecule has 1 amide bonds. The van der Waals surface area contributed by atoms with Gasteiger partial charge in [-0.25, -0.2) is 0 Å². The molecule has 162 valence electrons. The van der Waals surface area contributed by atoms with Crippen molar-refractivity contribution in [3.8, 4) is 17.2 Å². The number of anilines is 1. The molecule has 1 unspecified atom stereocenters. The Labute approximate surface area is 183 Å². The number of carbonyl (C=O) groups is 2. The maximum absolute atomic E-state index is 13.3. The molecule has 3 aromatic rings. The molecule has 1 aromatic heterocycles. The van der Waals surface area contributed by atoms with Gasteiger partial charge < -0.3 is 23.7 Å². The molecule has 0 spiro atoms. The van der Waals surface area contributed by atoms with Crippen LogP contribution in [-0.2, 0) is 4.79 Å². The lowest BCUT2D eigenvalue weighted by atomic mass is 9.94. The Bertz CT molecular complexity index is 1230. The van der Waals surface area contributed by atoms with Crippen molar-refractivity contribution >= 4 is 17.4 Å². The average Bonchev–Trinajstić information content (AvgIpc) is 3.46. The number of aliphatic hydroxyl groups excluding tert-OH is 1.